The van der Waals surface area contributed by atoms with Crippen molar-refractivity contribution in [3.8, 4) is 0 Å². The van der Waals surface area contributed by atoms with Crippen LogP contribution in [0.1, 0.15) is 32.3 Å². The maximum absolute atomic E-state index is 6.07. The molecule has 1 aromatic carbocycles. The Morgan fingerprint density at radius 3 is 2.62 bits per heavy atom. The molecule has 0 fully saturated rings. The Balaban J connectivity index is 2.92. The minimum absolute atomic E-state index is 0.814. The SMILES string of the molecule is CCCCN(CC)c1cc(Cl)ccc1CBr. The smallest absolute Gasteiger partial charge is 0.0426 e. The average molecular weight is 305 g/mol. The van der Waals surface area contributed by atoms with Crippen LogP contribution in [0.2, 0.25) is 5.02 Å². The molecular weight excluding hydrogens is 286 g/mol. The topological polar surface area (TPSA) is 3.24 Å². The van der Waals surface area contributed by atoms with Gasteiger partial charge in [0.1, 0.15) is 0 Å². The lowest BCUT2D eigenvalue weighted by molar-refractivity contribution is 0.730. The van der Waals surface area contributed by atoms with E-state index in [0.717, 1.165) is 23.4 Å². The maximum atomic E-state index is 6.07. The molecule has 0 aromatic heterocycles. The van der Waals surface area contributed by atoms with Gasteiger partial charge in [-0.1, -0.05) is 46.9 Å². The van der Waals surface area contributed by atoms with Gasteiger partial charge in [-0.05, 0) is 31.0 Å². The van der Waals surface area contributed by atoms with Gasteiger partial charge in [-0.3, -0.25) is 0 Å². The zero-order valence-corrected chi connectivity index (χ0v) is 12.3. The second kappa shape index (κ2) is 7.18. The first-order chi connectivity index (χ1) is 7.72. The fourth-order valence-corrected chi connectivity index (χ4v) is 2.38. The Labute approximate surface area is 112 Å². The molecule has 16 heavy (non-hydrogen) atoms. The highest BCUT2D eigenvalue weighted by molar-refractivity contribution is 9.08. The summed E-state index contributed by atoms with van der Waals surface area (Å²) in [6, 6.07) is 6.12. The van der Waals surface area contributed by atoms with Gasteiger partial charge in [-0.15, -0.1) is 0 Å². The van der Waals surface area contributed by atoms with Crippen LogP contribution in [0, 0.1) is 0 Å². The number of unbranched alkanes of at least 4 members (excludes halogenated alkanes) is 1. The molecule has 1 aromatic rings. The van der Waals surface area contributed by atoms with Crippen molar-refractivity contribution in [1.82, 2.24) is 0 Å². The van der Waals surface area contributed by atoms with E-state index in [2.05, 4.69) is 46.8 Å². The van der Waals surface area contributed by atoms with Crippen molar-refractivity contribution in [2.45, 2.75) is 32.0 Å². The van der Waals surface area contributed by atoms with Gasteiger partial charge in [-0.2, -0.15) is 0 Å². The normalized spacial score (nSPS) is 10.5. The maximum Gasteiger partial charge on any atom is 0.0426 e. The van der Waals surface area contributed by atoms with Gasteiger partial charge in [0.25, 0.3) is 0 Å². The van der Waals surface area contributed by atoms with Gasteiger partial charge in [0.05, 0.1) is 0 Å². The first-order valence-electron chi connectivity index (χ1n) is 5.82. The molecule has 0 N–H and O–H groups in total. The molecule has 0 radical (unpaired) electrons. The van der Waals surface area contributed by atoms with E-state index in [1.54, 1.807) is 0 Å². The number of hydrogen-bond acceptors (Lipinski definition) is 1. The average Bonchev–Trinajstić information content (AvgIpc) is 2.30. The molecule has 90 valence electrons. The van der Waals surface area contributed by atoms with E-state index in [4.69, 9.17) is 11.6 Å². The molecule has 0 heterocycles. The van der Waals surface area contributed by atoms with E-state index in [-0.39, 0.29) is 0 Å². The molecule has 0 aliphatic heterocycles. The first kappa shape index (κ1) is 13.9. The van der Waals surface area contributed by atoms with E-state index >= 15 is 0 Å². The summed E-state index contributed by atoms with van der Waals surface area (Å²) in [5.41, 5.74) is 2.57. The van der Waals surface area contributed by atoms with Crippen LogP contribution in [0.15, 0.2) is 18.2 Å². The van der Waals surface area contributed by atoms with E-state index in [0.29, 0.717) is 0 Å². The van der Waals surface area contributed by atoms with E-state index in [9.17, 15) is 0 Å². The molecule has 3 heteroatoms. The minimum Gasteiger partial charge on any atom is -0.372 e. The molecule has 0 spiro atoms. The lowest BCUT2D eigenvalue weighted by atomic mass is 10.1. The Morgan fingerprint density at radius 2 is 2.06 bits per heavy atom. The second-order valence-electron chi connectivity index (χ2n) is 3.84. The van der Waals surface area contributed by atoms with Crippen molar-refractivity contribution < 1.29 is 0 Å². The van der Waals surface area contributed by atoms with Crippen LogP contribution in [0.4, 0.5) is 5.69 Å². The van der Waals surface area contributed by atoms with Crippen LogP contribution in [-0.2, 0) is 5.33 Å². The standard InChI is InChI=1S/C13H19BrClN/c1-3-5-8-16(4-2)13-9-12(15)7-6-11(13)10-14/h6-7,9H,3-5,8,10H2,1-2H3. The number of benzene rings is 1. The summed E-state index contributed by atoms with van der Waals surface area (Å²) in [4.78, 5) is 2.39. The molecule has 1 nitrogen and oxygen atoms in total. The Hall–Kier alpha value is -0.210. The number of rotatable bonds is 6. The van der Waals surface area contributed by atoms with Crippen molar-refractivity contribution >= 4 is 33.2 Å². The number of alkyl halides is 1. The largest absolute Gasteiger partial charge is 0.372 e. The van der Waals surface area contributed by atoms with Gasteiger partial charge >= 0.3 is 0 Å². The fraction of sp³-hybridized carbons (Fsp3) is 0.538. The lowest BCUT2D eigenvalue weighted by Gasteiger charge is -2.25. The summed E-state index contributed by atoms with van der Waals surface area (Å²) < 4.78 is 0. The zero-order chi connectivity index (χ0) is 12.0. The fourth-order valence-electron chi connectivity index (χ4n) is 1.74. The van der Waals surface area contributed by atoms with Gasteiger partial charge < -0.3 is 4.90 Å². The third kappa shape index (κ3) is 3.67. The van der Waals surface area contributed by atoms with Crippen LogP contribution >= 0.6 is 27.5 Å². The van der Waals surface area contributed by atoms with Gasteiger partial charge in [0, 0.05) is 29.1 Å². The van der Waals surface area contributed by atoms with Crippen LogP contribution in [0.3, 0.4) is 0 Å². The summed E-state index contributed by atoms with van der Waals surface area (Å²) in [5, 5.41) is 1.69. The molecule has 0 aliphatic rings. The molecule has 0 amide bonds. The summed E-state index contributed by atoms with van der Waals surface area (Å²) in [7, 11) is 0. The number of anilines is 1. The van der Waals surface area contributed by atoms with Crippen LogP contribution in [-0.4, -0.2) is 13.1 Å². The van der Waals surface area contributed by atoms with Crippen molar-refractivity contribution in [2.24, 2.45) is 0 Å². The van der Waals surface area contributed by atoms with Crippen molar-refractivity contribution in [1.29, 1.82) is 0 Å². The van der Waals surface area contributed by atoms with E-state index in [1.807, 2.05) is 6.07 Å². The molecule has 0 saturated carbocycles. The quantitative estimate of drug-likeness (QED) is 0.678. The monoisotopic (exact) mass is 303 g/mol. The zero-order valence-electron chi connectivity index (χ0n) is 9.97. The van der Waals surface area contributed by atoms with E-state index < -0.39 is 0 Å². The third-order valence-corrected chi connectivity index (χ3v) is 3.53. The van der Waals surface area contributed by atoms with E-state index in [1.165, 1.54) is 24.1 Å². The van der Waals surface area contributed by atoms with Crippen LogP contribution in [0.25, 0.3) is 0 Å². The molecule has 0 unspecified atom stereocenters. The number of nitrogens with zero attached hydrogens (tertiary/aromatic N) is 1. The predicted octanol–water partition coefficient (Wildman–Crippen LogP) is 4.86. The highest BCUT2D eigenvalue weighted by Crippen LogP contribution is 2.27. The van der Waals surface area contributed by atoms with Crippen molar-refractivity contribution in [3.05, 3.63) is 28.8 Å². The highest BCUT2D eigenvalue weighted by Gasteiger charge is 2.09. The summed E-state index contributed by atoms with van der Waals surface area (Å²) in [6.45, 7) is 6.54. The molecular formula is C13H19BrClN. The third-order valence-electron chi connectivity index (χ3n) is 2.70. The van der Waals surface area contributed by atoms with Gasteiger partial charge in [0.15, 0.2) is 0 Å². The Bertz CT molecular complexity index is 328. The summed E-state index contributed by atoms with van der Waals surface area (Å²) >= 11 is 9.60. The molecule has 0 aliphatic carbocycles. The lowest BCUT2D eigenvalue weighted by Crippen LogP contribution is -2.24. The van der Waals surface area contributed by atoms with Crippen LogP contribution < -0.4 is 4.90 Å². The van der Waals surface area contributed by atoms with Crippen molar-refractivity contribution in [2.75, 3.05) is 18.0 Å². The Morgan fingerprint density at radius 1 is 1.31 bits per heavy atom. The number of hydrogen-bond donors (Lipinski definition) is 0. The van der Waals surface area contributed by atoms with Crippen LogP contribution in [0.5, 0.6) is 0 Å². The summed E-state index contributed by atoms with van der Waals surface area (Å²) in [6.07, 6.45) is 2.45. The Kier molecular flexibility index (Phi) is 6.22. The predicted molar refractivity (Wildman–Crippen MR) is 76.9 cm³/mol. The molecule has 1 rings (SSSR count). The minimum atomic E-state index is 0.814. The number of halogens is 2. The highest BCUT2D eigenvalue weighted by atomic mass is 79.9. The van der Waals surface area contributed by atoms with Crippen molar-refractivity contribution in [3.63, 3.8) is 0 Å². The molecule has 0 atom stereocenters. The molecule has 0 saturated heterocycles. The molecule has 0 bridgehead atoms. The van der Waals surface area contributed by atoms with Gasteiger partial charge in [0.2, 0.25) is 0 Å². The van der Waals surface area contributed by atoms with Gasteiger partial charge in [-0.25, -0.2) is 0 Å². The second-order valence-corrected chi connectivity index (χ2v) is 4.84. The summed E-state index contributed by atoms with van der Waals surface area (Å²) in [5.74, 6) is 0. The first-order valence-corrected chi connectivity index (χ1v) is 7.32.